The highest BCUT2D eigenvalue weighted by Gasteiger charge is 2.61. The Labute approximate surface area is 269 Å². The van der Waals surface area contributed by atoms with Crippen molar-refractivity contribution >= 4 is 23.6 Å². The summed E-state index contributed by atoms with van der Waals surface area (Å²) in [5.41, 5.74) is -3.34. The van der Waals surface area contributed by atoms with Gasteiger partial charge in [0.2, 0.25) is 5.78 Å². The maximum Gasteiger partial charge on any atom is 0.408 e. The maximum absolute atomic E-state index is 15.8. The molecule has 3 heterocycles. The number of nitrogens with one attached hydrogen (secondary N) is 1. The highest BCUT2D eigenvalue weighted by Crippen LogP contribution is 2.41. The lowest BCUT2D eigenvalue weighted by Gasteiger charge is -2.47. The van der Waals surface area contributed by atoms with E-state index in [1.54, 1.807) is 39.8 Å². The number of halogens is 2. The van der Waals surface area contributed by atoms with Crippen LogP contribution in [0.3, 0.4) is 0 Å². The van der Waals surface area contributed by atoms with E-state index in [-0.39, 0.29) is 25.2 Å². The van der Waals surface area contributed by atoms with E-state index in [1.165, 1.54) is 33.8 Å². The summed E-state index contributed by atoms with van der Waals surface area (Å²) in [5.74, 6) is -12.4. The molecular weight excluding hydrogens is 610 g/mol. The number of likely N-dealkylation sites (N-methyl/N-ethyl adjacent to an activating group) is 1. The number of fused-ring (bicyclic) bond motifs is 1. The van der Waals surface area contributed by atoms with Crippen molar-refractivity contribution in [3.8, 4) is 0 Å². The van der Waals surface area contributed by atoms with Gasteiger partial charge in [0.1, 0.15) is 18.0 Å². The molecule has 14 heteroatoms. The van der Waals surface area contributed by atoms with E-state index in [0.29, 0.717) is 6.42 Å². The first-order valence-corrected chi connectivity index (χ1v) is 15.8. The summed E-state index contributed by atoms with van der Waals surface area (Å²) < 4.78 is 60.7. The number of aliphatic hydroxyl groups excluding tert-OH is 1. The number of carbonyl (C=O) groups excluding carboxylic acids is 4. The van der Waals surface area contributed by atoms with Gasteiger partial charge in [0.05, 0.1) is 36.4 Å². The van der Waals surface area contributed by atoms with Gasteiger partial charge in [-0.2, -0.15) is 8.78 Å². The van der Waals surface area contributed by atoms with Gasteiger partial charge in [0.15, 0.2) is 11.9 Å². The van der Waals surface area contributed by atoms with Gasteiger partial charge in [0.25, 0.3) is 0 Å². The van der Waals surface area contributed by atoms with Crippen LogP contribution < -0.4 is 5.32 Å². The monoisotopic (exact) mass is 660 g/mol. The molecular formula is C32H50F2N2O10. The fraction of sp³-hybridized carbons (Fsp3) is 0.812. The van der Waals surface area contributed by atoms with Gasteiger partial charge < -0.3 is 39.0 Å². The summed E-state index contributed by atoms with van der Waals surface area (Å²) in [7, 11) is 3.53. The number of amides is 1. The Morgan fingerprint density at radius 1 is 1.11 bits per heavy atom. The lowest BCUT2D eigenvalue weighted by atomic mass is 9.74. The fourth-order valence-corrected chi connectivity index (χ4v) is 7.20. The average Bonchev–Trinajstić information content (AvgIpc) is 3.30. The lowest BCUT2D eigenvalue weighted by molar-refractivity contribution is -0.297. The third-order valence-electron chi connectivity index (χ3n) is 9.73. The predicted octanol–water partition coefficient (Wildman–Crippen LogP) is 3.03. The van der Waals surface area contributed by atoms with Crippen LogP contribution in [0.5, 0.6) is 0 Å². The van der Waals surface area contributed by atoms with Crippen LogP contribution in [0.4, 0.5) is 13.6 Å². The third-order valence-corrected chi connectivity index (χ3v) is 9.73. The van der Waals surface area contributed by atoms with Crippen LogP contribution in [-0.2, 0) is 38.1 Å². The van der Waals surface area contributed by atoms with E-state index < -0.39 is 95.5 Å². The van der Waals surface area contributed by atoms with Crippen LogP contribution in [0.25, 0.3) is 0 Å². The number of alkyl carbamates (subject to hydrolysis) is 1. The van der Waals surface area contributed by atoms with Gasteiger partial charge in [-0.3, -0.25) is 9.59 Å². The molecule has 3 fully saturated rings. The molecule has 46 heavy (non-hydrogen) atoms. The average molecular weight is 661 g/mol. The minimum absolute atomic E-state index is 0.0642. The van der Waals surface area contributed by atoms with Crippen LogP contribution in [0, 0.1) is 17.8 Å². The number of aliphatic hydroxyl groups is 1. The third kappa shape index (κ3) is 7.30. The van der Waals surface area contributed by atoms with Gasteiger partial charge in [-0.1, -0.05) is 33.8 Å². The van der Waals surface area contributed by atoms with Gasteiger partial charge in [-0.25, -0.2) is 9.59 Å². The summed E-state index contributed by atoms with van der Waals surface area (Å²) in [6, 6.07) is -1.48. The van der Waals surface area contributed by atoms with Crippen molar-refractivity contribution < 1.29 is 56.7 Å². The molecule has 2 N–H and O–H groups in total. The van der Waals surface area contributed by atoms with Crippen molar-refractivity contribution in [1.29, 1.82) is 0 Å². The van der Waals surface area contributed by atoms with Crippen molar-refractivity contribution in [2.24, 2.45) is 17.8 Å². The number of nitrogens with zero attached hydrogens (tertiary/aromatic N) is 1. The topological polar surface area (TPSA) is 150 Å². The highest BCUT2D eigenvalue weighted by molar-refractivity contribution is 6.06. The number of carbonyl (C=O) groups is 4. The minimum Gasteiger partial charge on any atom is -0.453 e. The Balaban J connectivity index is 2.18. The van der Waals surface area contributed by atoms with Crippen molar-refractivity contribution in [2.45, 2.75) is 128 Å². The molecule has 3 saturated heterocycles. The zero-order valence-corrected chi connectivity index (χ0v) is 28.2. The Bertz CT molecular complexity index is 1170. The van der Waals surface area contributed by atoms with E-state index >= 15 is 8.78 Å². The summed E-state index contributed by atoms with van der Waals surface area (Å²) >= 11 is 0. The first-order valence-electron chi connectivity index (χ1n) is 15.8. The second kappa shape index (κ2) is 14.3. The Hall–Kier alpha value is -2.52. The molecule has 0 aromatic heterocycles. The summed E-state index contributed by atoms with van der Waals surface area (Å²) in [6.07, 6.45) is -5.24. The second-order valence-electron chi connectivity index (χ2n) is 13.6. The highest BCUT2D eigenvalue weighted by atomic mass is 19.3. The lowest BCUT2D eigenvalue weighted by Crippen LogP contribution is -2.61. The minimum atomic E-state index is -4.65. The molecule has 1 amide bonds. The van der Waals surface area contributed by atoms with E-state index in [2.05, 4.69) is 11.9 Å². The van der Waals surface area contributed by atoms with Crippen molar-refractivity contribution in [3.05, 3.63) is 12.7 Å². The first kappa shape index (κ1) is 37.9. The molecule has 0 aromatic rings. The van der Waals surface area contributed by atoms with Crippen LogP contribution in [0.2, 0.25) is 0 Å². The number of hydrogen-bond donors (Lipinski definition) is 2. The molecule has 262 valence electrons. The molecule has 0 aliphatic carbocycles. The number of cyclic esters (lactones) is 1. The number of alkyl halides is 2. The molecule has 3 aliphatic heterocycles. The van der Waals surface area contributed by atoms with Gasteiger partial charge in [-0.05, 0) is 54.1 Å². The predicted molar refractivity (Wildman–Crippen MR) is 161 cm³/mol. The zero-order chi connectivity index (χ0) is 34.9. The van der Waals surface area contributed by atoms with E-state index in [4.69, 9.17) is 23.7 Å². The zero-order valence-electron chi connectivity index (χ0n) is 28.2. The standard InChI is InChI=1S/C32H50F2N2O10/c1-11-13-42-30(7)15-16(3)22(37)18(5)24-31(8,46-29(41)35-24)21(12-2)44-28(40)32(33,34)25(39)19(6)26(30)45-27-23(38)20(36(9)10)14-17(4)43-27/h11,16-21,23-24,26-27,38H,1,12-15H2,2-10H3,(H,35,41)/t16-,17-,18-,19+,20+,21+,23-,24-,26-,27+,30+,31-/m1/s1. The Morgan fingerprint density at radius 2 is 1.74 bits per heavy atom. The van der Waals surface area contributed by atoms with Gasteiger partial charge >= 0.3 is 18.0 Å². The van der Waals surface area contributed by atoms with Crippen LogP contribution in [0.1, 0.15) is 67.7 Å². The van der Waals surface area contributed by atoms with Crippen molar-refractivity contribution in [1.82, 2.24) is 10.2 Å². The van der Waals surface area contributed by atoms with E-state index in [1.807, 2.05) is 0 Å². The molecule has 0 unspecified atom stereocenters. The number of ether oxygens (including phenoxy) is 5. The molecule has 12 nitrogen and oxygen atoms in total. The largest absolute Gasteiger partial charge is 0.453 e. The summed E-state index contributed by atoms with van der Waals surface area (Å²) in [4.78, 5) is 55.0. The number of Topliss-reactive ketones (excluding diaryl/α,β-unsaturated/α-hetero) is 2. The van der Waals surface area contributed by atoms with Crippen molar-refractivity contribution in [2.75, 3.05) is 20.7 Å². The Kier molecular flexibility index (Phi) is 11.8. The summed E-state index contributed by atoms with van der Waals surface area (Å²) in [6.45, 7) is 14.1. The van der Waals surface area contributed by atoms with E-state index in [0.717, 1.165) is 0 Å². The maximum atomic E-state index is 15.8. The molecule has 0 aromatic carbocycles. The molecule has 0 bridgehead atoms. The number of esters is 1. The smallest absolute Gasteiger partial charge is 0.408 e. The van der Waals surface area contributed by atoms with E-state index in [9.17, 15) is 24.3 Å². The fourth-order valence-electron chi connectivity index (χ4n) is 7.20. The van der Waals surface area contributed by atoms with Crippen LogP contribution in [0.15, 0.2) is 12.7 Å². The number of ketones is 2. The molecule has 0 spiro atoms. The Morgan fingerprint density at radius 3 is 2.30 bits per heavy atom. The first-order chi connectivity index (χ1) is 21.2. The second-order valence-corrected chi connectivity index (χ2v) is 13.6. The van der Waals surface area contributed by atoms with Gasteiger partial charge in [-0.15, -0.1) is 6.58 Å². The van der Waals surface area contributed by atoms with Gasteiger partial charge in [0, 0.05) is 17.9 Å². The molecule has 0 saturated carbocycles. The molecule has 3 aliphatic rings. The van der Waals surface area contributed by atoms with Crippen LogP contribution in [-0.4, -0.2) is 114 Å². The number of hydrogen-bond acceptors (Lipinski definition) is 11. The molecule has 12 atom stereocenters. The SMILES string of the molecule is C=CCO[C@@]1(C)C[C@@H](C)C(=O)[C@@H](C)[C@H]2NC(=O)O[C@]2(C)[C@H](CC)OC(=O)C(F)(F)C(=O)[C@H](C)[C@H]1O[C@@H]1O[C@H](C)C[C@H](N(C)C)[C@H]1O. The summed E-state index contributed by atoms with van der Waals surface area (Å²) in [5, 5.41) is 13.8. The molecule has 0 radical (unpaired) electrons. The molecule has 3 rings (SSSR count). The normalized spacial score (nSPS) is 42.5. The quantitative estimate of drug-likeness (QED) is 0.236. The number of rotatable bonds is 7. The van der Waals surface area contributed by atoms with Crippen molar-refractivity contribution in [3.63, 3.8) is 0 Å². The van der Waals surface area contributed by atoms with Crippen LogP contribution >= 0.6 is 0 Å².